The smallest absolute Gasteiger partial charge is 0.00779 e. The zero-order chi connectivity index (χ0) is 11.6. The van der Waals surface area contributed by atoms with E-state index in [2.05, 4.69) is 30.6 Å². The van der Waals surface area contributed by atoms with Gasteiger partial charge in [0.1, 0.15) is 0 Å². The fraction of sp³-hybridized carbons (Fsp3) is 0.857. The monoisotopic (exact) mass is 241 g/mol. The van der Waals surface area contributed by atoms with Crippen molar-refractivity contribution in [2.45, 2.75) is 63.2 Å². The van der Waals surface area contributed by atoms with Crippen LogP contribution in [0, 0.1) is 0 Å². The number of hydrogen-bond acceptors (Lipinski definition) is 2. The molecule has 0 spiro atoms. The van der Waals surface area contributed by atoms with E-state index in [1.807, 2.05) is 6.08 Å². The first-order chi connectivity index (χ1) is 7.86. The third kappa shape index (κ3) is 5.95. The van der Waals surface area contributed by atoms with Gasteiger partial charge < -0.3 is 5.32 Å². The SMILES string of the molecule is C=CCCCCCNC1CCC(SCC)C1. The van der Waals surface area contributed by atoms with E-state index >= 15 is 0 Å². The van der Waals surface area contributed by atoms with Crippen LogP contribution in [0.3, 0.4) is 0 Å². The van der Waals surface area contributed by atoms with Gasteiger partial charge in [-0.05, 0) is 50.8 Å². The van der Waals surface area contributed by atoms with Gasteiger partial charge in [-0.15, -0.1) is 6.58 Å². The van der Waals surface area contributed by atoms with Crippen LogP contribution >= 0.6 is 11.8 Å². The van der Waals surface area contributed by atoms with Crippen LogP contribution in [0.25, 0.3) is 0 Å². The van der Waals surface area contributed by atoms with E-state index in [9.17, 15) is 0 Å². The summed E-state index contributed by atoms with van der Waals surface area (Å²) < 4.78 is 0. The molecule has 1 fully saturated rings. The van der Waals surface area contributed by atoms with E-state index in [4.69, 9.17) is 0 Å². The second-order valence-electron chi connectivity index (χ2n) is 4.68. The molecule has 1 saturated carbocycles. The third-order valence-electron chi connectivity index (χ3n) is 3.30. The van der Waals surface area contributed by atoms with Crippen LogP contribution in [-0.4, -0.2) is 23.6 Å². The summed E-state index contributed by atoms with van der Waals surface area (Å²) in [4.78, 5) is 0. The number of rotatable bonds is 9. The summed E-state index contributed by atoms with van der Waals surface area (Å²) in [6.07, 6.45) is 11.4. The topological polar surface area (TPSA) is 12.0 Å². The highest BCUT2D eigenvalue weighted by Gasteiger charge is 2.23. The quantitative estimate of drug-likeness (QED) is 0.484. The zero-order valence-corrected chi connectivity index (χ0v) is 11.5. The number of unbranched alkanes of at least 4 members (excludes halogenated alkanes) is 3. The van der Waals surface area contributed by atoms with E-state index in [-0.39, 0.29) is 0 Å². The average molecular weight is 241 g/mol. The summed E-state index contributed by atoms with van der Waals surface area (Å²) in [5, 5.41) is 4.64. The Kier molecular flexibility index (Phi) is 8.04. The molecule has 2 unspecified atom stereocenters. The minimum Gasteiger partial charge on any atom is -0.314 e. The average Bonchev–Trinajstić information content (AvgIpc) is 2.72. The van der Waals surface area contributed by atoms with Crippen LogP contribution in [0.15, 0.2) is 12.7 Å². The van der Waals surface area contributed by atoms with E-state index in [0.29, 0.717) is 0 Å². The highest BCUT2D eigenvalue weighted by atomic mass is 32.2. The van der Waals surface area contributed by atoms with Gasteiger partial charge in [-0.1, -0.05) is 19.4 Å². The molecule has 0 amide bonds. The third-order valence-corrected chi connectivity index (χ3v) is 4.54. The highest BCUT2D eigenvalue weighted by molar-refractivity contribution is 7.99. The zero-order valence-electron chi connectivity index (χ0n) is 10.7. The molecular weight excluding hydrogens is 214 g/mol. The summed E-state index contributed by atoms with van der Waals surface area (Å²) in [6.45, 7) is 7.23. The van der Waals surface area contributed by atoms with Gasteiger partial charge in [0, 0.05) is 11.3 Å². The molecule has 0 aromatic rings. The van der Waals surface area contributed by atoms with Crippen LogP contribution in [0.2, 0.25) is 0 Å². The molecule has 0 radical (unpaired) electrons. The first-order valence-electron chi connectivity index (χ1n) is 6.82. The van der Waals surface area contributed by atoms with Crippen molar-refractivity contribution in [1.29, 1.82) is 0 Å². The number of allylic oxidation sites excluding steroid dienone is 1. The van der Waals surface area contributed by atoms with Crippen LogP contribution < -0.4 is 5.32 Å². The Labute approximate surface area is 105 Å². The Bertz CT molecular complexity index is 182. The maximum atomic E-state index is 3.75. The lowest BCUT2D eigenvalue weighted by Gasteiger charge is -2.12. The molecule has 0 aromatic carbocycles. The maximum Gasteiger partial charge on any atom is 0.00779 e. The van der Waals surface area contributed by atoms with Gasteiger partial charge in [0.05, 0.1) is 0 Å². The van der Waals surface area contributed by atoms with Gasteiger partial charge in [-0.2, -0.15) is 11.8 Å². The molecule has 1 nitrogen and oxygen atoms in total. The fourth-order valence-electron chi connectivity index (χ4n) is 2.41. The minimum atomic E-state index is 0.809. The summed E-state index contributed by atoms with van der Waals surface area (Å²) in [6, 6.07) is 0.809. The number of hydrogen-bond donors (Lipinski definition) is 1. The molecule has 0 saturated heterocycles. The van der Waals surface area contributed by atoms with Gasteiger partial charge in [0.15, 0.2) is 0 Å². The second-order valence-corrected chi connectivity index (χ2v) is 6.26. The largest absolute Gasteiger partial charge is 0.314 e. The van der Waals surface area contributed by atoms with Crippen molar-refractivity contribution in [2.24, 2.45) is 0 Å². The van der Waals surface area contributed by atoms with Gasteiger partial charge in [0.2, 0.25) is 0 Å². The van der Waals surface area contributed by atoms with E-state index in [1.165, 1.54) is 57.2 Å². The summed E-state index contributed by atoms with van der Waals surface area (Å²) in [5.74, 6) is 1.28. The fourth-order valence-corrected chi connectivity index (χ4v) is 3.55. The van der Waals surface area contributed by atoms with Crippen LogP contribution in [-0.2, 0) is 0 Å². The van der Waals surface area contributed by atoms with E-state index in [1.54, 1.807) is 0 Å². The Morgan fingerprint density at radius 2 is 2.19 bits per heavy atom. The number of nitrogens with one attached hydrogen (secondary N) is 1. The minimum absolute atomic E-state index is 0.809. The molecular formula is C14H27NS. The molecule has 16 heavy (non-hydrogen) atoms. The molecule has 0 aliphatic heterocycles. The lowest BCUT2D eigenvalue weighted by molar-refractivity contribution is 0.504. The van der Waals surface area contributed by atoms with Crippen LogP contribution in [0.4, 0.5) is 0 Å². The first kappa shape index (κ1) is 14.1. The first-order valence-corrected chi connectivity index (χ1v) is 7.87. The molecule has 2 atom stereocenters. The molecule has 0 aromatic heterocycles. The molecule has 0 bridgehead atoms. The predicted octanol–water partition coefficient (Wildman–Crippen LogP) is 4.00. The van der Waals surface area contributed by atoms with Crippen molar-refractivity contribution in [3.8, 4) is 0 Å². The van der Waals surface area contributed by atoms with E-state index in [0.717, 1.165) is 11.3 Å². The molecule has 94 valence electrons. The molecule has 1 N–H and O–H groups in total. The lowest BCUT2D eigenvalue weighted by Crippen LogP contribution is -2.27. The highest BCUT2D eigenvalue weighted by Crippen LogP contribution is 2.29. The van der Waals surface area contributed by atoms with Crippen molar-refractivity contribution in [2.75, 3.05) is 12.3 Å². The molecule has 1 aliphatic carbocycles. The van der Waals surface area contributed by atoms with Crippen molar-refractivity contribution in [3.05, 3.63) is 12.7 Å². The molecule has 2 heteroatoms. The van der Waals surface area contributed by atoms with Crippen molar-refractivity contribution >= 4 is 11.8 Å². The van der Waals surface area contributed by atoms with Crippen LogP contribution in [0.5, 0.6) is 0 Å². The summed E-state index contributed by atoms with van der Waals surface area (Å²) in [7, 11) is 0. The van der Waals surface area contributed by atoms with Crippen molar-refractivity contribution in [3.63, 3.8) is 0 Å². The Hall–Kier alpha value is 0.0500. The predicted molar refractivity (Wildman–Crippen MR) is 76.2 cm³/mol. The van der Waals surface area contributed by atoms with E-state index < -0.39 is 0 Å². The standard InChI is InChI=1S/C14H27NS/c1-3-5-6-7-8-11-15-13-9-10-14(12-13)16-4-2/h3,13-15H,1,4-12H2,2H3. The Morgan fingerprint density at radius 3 is 2.94 bits per heavy atom. The number of thioether (sulfide) groups is 1. The Balaban J connectivity index is 1.92. The summed E-state index contributed by atoms with van der Waals surface area (Å²) in [5.41, 5.74) is 0. The van der Waals surface area contributed by atoms with Crippen molar-refractivity contribution in [1.82, 2.24) is 5.32 Å². The maximum absolute atomic E-state index is 3.75. The van der Waals surface area contributed by atoms with Gasteiger partial charge in [0.25, 0.3) is 0 Å². The van der Waals surface area contributed by atoms with Crippen LogP contribution in [0.1, 0.15) is 51.9 Å². The lowest BCUT2D eigenvalue weighted by atomic mass is 10.2. The van der Waals surface area contributed by atoms with Gasteiger partial charge in [-0.25, -0.2) is 0 Å². The van der Waals surface area contributed by atoms with Crippen molar-refractivity contribution < 1.29 is 0 Å². The van der Waals surface area contributed by atoms with Gasteiger partial charge in [-0.3, -0.25) is 0 Å². The second kappa shape index (κ2) is 9.12. The molecule has 1 aliphatic rings. The van der Waals surface area contributed by atoms with Gasteiger partial charge >= 0.3 is 0 Å². The molecule has 1 rings (SSSR count). The Morgan fingerprint density at radius 1 is 1.31 bits per heavy atom. The summed E-state index contributed by atoms with van der Waals surface area (Å²) >= 11 is 2.14. The molecule has 0 heterocycles. The normalized spacial score (nSPS) is 24.8.